The third-order valence-electron chi connectivity index (χ3n) is 4.74. The molecule has 0 saturated heterocycles. The Morgan fingerprint density at radius 1 is 0.731 bits per heavy atom. The van der Waals surface area contributed by atoms with Crippen molar-refractivity contribution in [2.45, 2.75) is 27.7 Å². The minimum absolute atomic E-state index is 0.902. The predicted octanol–water partition coefficient (Wildman–Crippen LogP) is 6.06. The fraction of sp³-hybridized carbons (Fsp3) is 0.364. The van der Waals surface area contributed by atoms with E-state index in [1.807, 2.05) is 18.2 Å². The molecule has 2 aromatic rings. The molecule has 0 aliphatic rings. The van der Waals surface area contributed by atoms with Gasteiger partial charge in [0, 0.05) is 52.9 Å². The molecule has 26 heavy (non-hydrogen) atoms. The van der Waals surface area contributed by atoms with E-state index in [1.54, 1.807) is 0 Å². The van der Waals surface area contributed by atoms with Crippen molar-refractivity contribution in [1.29, 1.82) is 0 Å². The first kappa shape index (κ1) is 20.8. The van der Waals surface area contributed by atoms with E-state index in [2.05, 4.69) is 67.8 Å². The van der Waals surface area contributed by atoms with Gasteiger partial charge in [-0.05, 0) is 51.5 Å². The topological polar surface area (TPSA) is 6.48 Å². The number of hydrogen-bond donors (Lipinski definition) is 2. The summed E-state index contributed by atoms with van der Waals surface area (Å²) in [5, 5.41) is 0. The van der Waals surface area contributed by atoms with Gasteiger partial charge in [0.25, 0.3) is 0 Å². The second kappa shape index (κ2) is 9.98. The Morgan fingerprint density at radius 3 is 1.85 bits per heavy atom. The number of rotatable bonds is 8. The normalized spacial score (nSPS) is 11.9. The van der Waals surface area contributed by atoms with Crippen LogP contribution in [0.2, 0.25) is 0 Å². The largest absolute Gasteiger partial charge is 0.372 e. The van der Waals surface area contributed by atoms with Crippen molar-refractivity contribution in [3.8, 4) is 0 Å². The number of nitrogens with zero attached hydrogens (tertiary/aromatic N) is 2. The van der Waals surface area contributed by atoms with Crippen LogP contribution in [0.5, 0.6) is 0 Å². The molecule has 0 aromatic heterocycles. The lowest BCUT2D eigenvalue weighted by molar-refractivity contribution is 0.855. The van der Waals surface area contributed by atoms with Crippen LogP contribution in [0.1, 0.15) is 38.8 Å². The molecular formula is C22H30N2S2. The Hall–Kier alpha value is -1.52. The molecule has 0 fully saturated rings. The standard InChI is InChI=1S/C22H30N2S2/c1-5-23(6-2)18-14-15-20(24(7-3)8-4)19(16-18)22(26)21(25)17-12-10-9-11-13-17/h9-16,25-26H,5-8H2,1-4H3. The maximum atomic E-state index is 4.90. The third kappa shape index (κ3) is 4.60. The highest BCUT2D eigenvalue weighted by molar-refractivity contribution is 7.96. The van der Waals surface area contributed by atoms with Crippen LogP contribution in [-0.2, 0) is 0 Å². The average molecular weight is 387 g/mol. The lowest BCUT2D eigenvalue weighted by Gasteiger charge is -2.28. The minimum Gasteiger partial charge on any atom is -0.372 e. The van der Waals surface area contributed by atoms with E-state index >= 15 is 0 Å². The fourth-order valence-electron chi connectivity index (χ4n) is 3.20. The second-order valence-corrected chi connectivity index (χ2v) is 7.00. The first-order valence-electron chi connectivity index (χ1n) is 9.39. The molecule has 0 aliphatic heterocycles. The molecule has 4 heteroatoms. The summed E-state index contributed by atoms with van der Waals surface area (Å²) in [4.78, 5) is 6.54. The van der Waals surface area contributed by atoms with Gasteiger partial charge in [-0.1, -0.05) is 30.3 Å². The molecule has 0 N–H and O–H groups in total. The molecule has 0 radical (unpaired) electrons. The molecule has 140 valence electrons. The number of anilines is 2. The van der Waals surface area contributed by atoms with E-state index in [0.29, 0.717) is 0 Å². The van der Waals surface area contributed by atoms with Crippen molar-refractivity contribution in [3.05, 3.63) is 59.7 Å². The Balaban J connectivity index is 2.63. The maximum Gasteiger partial charge on any atom is 0.0452 e. The van der Waals surface area contributed by atoms with Gasteiger partial charge >= 0.3 is 0 Å². The summed E-state index contributed by atoms with van der Waals surface area (Å²) >= 11 is 9.70. The van der Waals surface area contributed by atoms with E-state index in [4.69, 9.17) is 25.3 Å². The summed E-state index contributed by atoms with van der Waals surface area (Å²) < 4.78 is 0. The number of thiol groups is 2. The summed E-state index contributed by atoms with van der Waals surface area (Å²) in [6.07, 6.45) is 0. The van der Waals surface area contributed by atoms with Crippen LogP contribution in [-0.4, -0.2) is 26.2 Å². The van der Waals surface area contributed by atoms with Gasteiger partial charge < -0.3 is 9.80 Å². The van der Waals surface area contributed by atoms with Gasteiger partial charge in [-0.3, -0.25) is 0 Å². The summed E-state index contributed by atoms with van der Waals surface area (Å²) in [6, 6.07) is 16.9. The van der Waals surface area contributed by atoms with E-state index < -0.39 is 0 Å². The van der Waals surface area contributed by atoms with Gasteiger partial charge in [-0.2, -0.15) is 0 Å². The first-order chi connectivity index (χ1) is 12.6. The highest BCUT2D eigenvalue weighted by atomic mass is 32.1. The summed E-state index contributed by atoms with van der Waals surface area (Å²) in [6.45, 7) is 12.6. The average Bonchev–Trinajstić information content (AvgIpc) is 2.70. The van der Waals surface area contributed by atoms with E-state index in [-0.39, 0.29) is 0 Å². The van der Waals surface area contributed by atoms with Crippen molar-refractivity contribution >= 4 is 46.4 Å². The monoisotopic (exact) mass is 386 g/mol. The molecule has 2 nitrogen and oxygen atoms in total. The molecule has 2 aromatic carbocycles. The van der Waals surface area contributed by atoms with Gasteiger partial charge in [-0.25, -0.2) is 0 Å². The highest BCUT2D eigenvalue weighted by Crippen LogP contribution is 2.39. The Morgan fingerprint density at radius 2 is 1.31 bits per heavy atom. The number of benzene rings is 2. The van der Waals surface area contributed by atoms with Gasteiger partial charge in [0.15, 0.2) is 0 Å². The molecule has 0 aliphatic carbocycles. The molecular weight excluding hydrogens is 356 g/mol. The lowest BCUT2D eigenvalue weighted by Crippen LogP contribution is -2.24. The zero-order valence-corrected chi connectivity index (χ0v) is 18.0. The zero-order valence-electron chi connectivity index (χ0n) is 16.2. The highest BCUT2D eigenvalue weighted by Gasteiger charge is 2.16. The van der Waals surface area contributed by atoms with Crippen LogP contribution < -0.4 is 9.80 Å². The maximum absolute atomic E-state index is 4.90. The first-order valence-corrected chi connectivity index (χ1v) is 10.3. The molecule has 0 saturated carbocycles. The van der Waals surface area contributed by atoms with Crippen LogP contribution in [0, 0.1) is 0 Å². The Bertz CT molecular complexity index is 733. The SMILES string of the molecule is CCN(CC)c1ccc(N(CC)CC)c(C(S)=C(S)c2ccccc2)c1. The molecule has 0 spiro atoms. The van der Waals surface area contributed by atoms with Crippen molar-refractivity contribution < 1.29 is 0 Å². The van der Waals surface area contributed by atoms with Gasteiger partial charge in [0.05, 0.1) is 0 Å². The fourth-order valence-corrected chi connectivity index (χ4v) is 3.78. The van der Waals surface area contributed by atoms with Crippen molar-refractivity contribution in [3.63, 3.8) is 0 Å². The van der Waals surface area contributed by atoms with Crippen LogP contribution in [0.4, 0.5) is 11.4 Å². The van der Waals surface area contributed by atoms with Gasteiger partial charge in [0.1, 0.15) is 0 Å². The van der Waals surface area contributed by atoms with E-state index in [1.165, 1.54) is 11.4 Å². The minimum atomic E-state index is 0.902. The zero-order chi connectivity index (χ0) is 19.1. The Kier molecular flexibility index (Phi) is 7.98. The summed E-state index contributed by atoms with van der Waals surface area (Å²) in [5.41, 5.74) is 4.65. The van der Waals surface area contributed by atoms with E-state index in [9.17, 15) is 0 Å². The molecule has 0 heterocycles. The lowest BCUT2D eigenvalue weighted by atomic mass is 10.1. The molecule has 2 rings (SSSR count). The van der Waals surface area contributed by atoms with Crippen LogP contribution in [0.25, 0.3) is 9.81 Å². The Labute approximate surface area is 169 Å². The smallest absolute Gasteiger partial charge is 0.0452 e. The van der Waals surface area contributed by atoms with Crippen molar-refractivity contribution in [2.75, 3.05) is 36.0 Å². The predicted molar refractivity (Wildman–Crippen MR) is 125 cm³/mol. The van der Waals surface area contributed by atoms with Crippen LogP contribution in [0.15, 0.2) is 48.5 Å². The van der Waals surface area contributed by atoms with Gasteiger partial charge in [-0.15, -0.1) is 25.3 Å². The molecule has 0 unspecified atom stereocenters. The van der Waals surface area contributed by atoms with Crippen LogP contribution >= 0.6 is 25.3 Å². The molecule has 0 atom stereocenters. The van der Waals surface area contributed by atoms with E-state index in [0.717, 1.165) is 47.1 Å². The summed E-state index contributed by atoms with van der Waals surface area (Å²) in [5.74, 6) is 0. The van der Waals surface area contributed by atoms with Gasteiger partial charge in [0.2, 0.25) is 0 Å². The number of hydrogen-bond acceptors (Lipinski definition) is 4. The summed E-state index contributed by atoms with van der Waals surface area (Å²) in [7, 11) is 0. The van der Waals surface area contributed by atoms with Crippen molar-refractivity contribution in [1.82, 2.24) is 0 Å². The third-order valence-corrected chi connectivity index (χ3v) is 5.86. The molecule has 0 bridgehead atoms. The van der Waals surface area contributed by atoms with Crippen LogP contribution in [0.3, 0.4) is 0 Å². The second-order valence-electron chi connectivity index (χ2n) is 6.11. The van der Waals surface area contributed by atoms with Crippen molar-refractivity contribution in [2.24, 2.45) is 0 Å². The molecule has 0 amide bonds. The quantitative estimate of drug-likeness (QED) is 0.420.